The molecular formula is C17H23N3O3. The van der Waals surface area contributed by atoms with Crippen LogP contribution in [0.4, 0.5) is 0 Å². The second-order valence-electron chi connectivity index (χ2n) is 6.64. The van der Waals surface area contributed by atoms with Gasteiger partial charge in [-0.25, -0.2) is 5.06 Å². The number of fused-ring (bicyclic) bond motifs is 1. The molecule has 0 aromatic carbocycles. The maximum atomic E-state index is 12.8. The monoisotopic (exact) mass is 317 g/mol. The molecule has 0 saturated carbocycles. The number of pyridine rings is 1. The van der Waals surface area contributed by atoms with Crippen LogP contribution in [0.3, 0.4) is 0 Å². The number of amides is 1. The fourth-order valence-corrected chi connectivity index (χ4v) is 4.00. The molecule has 23 heavy (non-hydrogen) atoms. The van der Waals surface area contributed by atoms with E-state index in [1.165, 1.54) is 5.56 Å². The van der Waals surface area contributed by atoms with E-state index in [-0.39, 0.29) is 17.9 Å². The fourth-order valence-electron chi connectivity index (χ4n) is 4.00. The number of nitrogens with zero attached hydrogens (tertiary/aromatic N) is 3. The van der Waals surface area contributed by atoms with Crippen LogP contribution in [-0.2, 0) is 20.9 Å². The summed E-state index contributed by atoms with van der Waals surface area (Å²) in [5.41, 5.74) is 1.22. The Kier molecular flexibility index (Phi) is 4.29. The summed E-state index contributed by atoms with van der Waals surface area (Å²) in [6, 6.07) is 4.06. The first-order valence-electron chi connectivity index (χ1n) is 8.48. The fraction of sp³-hybridized carbons (Fsp3) is 0.647. The lowest BCUT2D eigenvalue weighted by atomic mass is 9.82. The Morgan fingerprint density at radius 2 is 2.13 bits per heavy atom. The highest BCUT2D eigenvalue weighted by molar-refractivity contribution is 5.79. The van der Waals surface area contributed by atoms with Crippen molar-refractivity contribution >= 4 is 5.91 Å². The van der Waals surface area contributed by atoms with Crippen LogP contribution < -0.4 is 0 Å². The minimum absolute atomic E-state index is 0.0174. The Hall–Kier alpha value is -1.50. The zero-order chi connectivity index (χ0) is 15.6. The Morgan fingerprint density at radius 3 is 2.91 bits per heavy atom. The summed E-state index contributed by atoms with van der Waals surface area (Å²) in [6.45, 7) is 4.66. The number of carbonyl (C=O) groups is 1. The highest BCUT2D eigenvalue weighted by Gasteiger charge is 2.45. The largest absolute Gasteiger partial charge is 0.377 e. The van der Waals surface area contributed by atoms with Gasteiger partial charge in [0.1, 0.15) is 0 Å². The molecule has 1 aromatic heterocycles. The highest BCUT2D eigenvalue weighted by Crippen LogP contribution is 2.35. The predicted molar refractivity (Wildman–Crippen MR) is 83.1 cm³/mol. The van der Waals surface area contributed by atoms with E-state index in [0.717, 1.165) is 45.6 Å². The van der Waals surface area contributed by atoms with Crippen molar-refractivity contribution in [3.05, 3.63) is 30.1 Å². The molecule has 124 valence electrons. The summed E-state index contributed by atoms with van der Waals surface area (Å²) in [7, 11) is 0. The number of hydrogen-bond acceptors (Lipinski definition) is 5. The number of carbonyl (C=O) groups excluding carboxylic acids is 1. The van der Waals surface area contributed by atoms with Crippen molar-refractivity contribution in [2.24, 2.45) is 11.8 Å². The Balaban J connectivity index is 1.49. The molecule has 3 aliphatic rings. The molecule has 0 radical (unpaired) electrons. The molecule has 3 atom stereocenters. The molecule has 6 heteroatoms. The number of likely N-dealkylation sites (tertiary alicyclic amines) is 1. The van der Waals surface area contributed by atoms with Crippen molar-refractivity contribution in [2.75, 3.05) is 32.8 Å². The molecule has 3 saturated heterocycles. The maximum Gasteiger partial charge on any atom is 0.250 e. The van der Waals surface area contributed by atoms with E-state index < -0.39 is 0 Å². The lowest BCUT2D eigenvalue weighted by molar-refractivity contribution is -0.179. The molecule has 3 fully saturated rings. The molecule has 1 amide bonds. The zero-order valence-corrected chi connectivity index (χ0v) is 13.3. The van der Waals surface area contributed by atoms with Crippen LogP contribution >= 0.6 is 0 Å². The molecule has 4 rings (SSSR count). The molecule has 0 unspecified atom stereocenters. The Labute approximate surface area is 136 Å². The average Bonchev–Trinajstić information content (AvgIpc) is 3.26. The first-order valence-corrected chi connectivity index (χ1v) is 8.48. The molecule has 0 bridgehead atoms. The molecule has 6 nitrogen and oxygen atoms in total. The van der Waals surface area contributed by atoms with Gasteiger partial charge in [-0.15, -0.1) is 0 Å². The molecule has 0 aliphatic carbocycles. The number of hydroxylamine groups is 2. The van der Waals surface area contributed by atoms with E-state index >= 15 is 0 Å². The molecule has 0 N–H and O–H groups in total. The smallest absolute Gasteiger partial charge is 0.250 e. The van der Waals surface area contributed by atoms with E-state index in [1.54, 1.807) is 5.06 Å². The third-order valence-electron chi connectivity index (χ3n) is 5.14. The van der Waals surface area contributed by atoms with Gasteiger partial charge in [0.25, 0.3) is 5.91 Å². The average molecular weight is 317 g/mol. The van der Waals surface area contributed by atoms with Crippen LogP contribution in [-0.4, -0.2) is 59.8 Å². The molecule has 0 spiro atoms. The Bertz CT molecular complexity index is 547. The van der Waals surface area contributed by atoms with Gasteiger partial charge in [-0.3, -0.25) is 19.5 Å². The summed E-state index contributed by atoms with van der Waals surface area (Å²) in [6.07, 6.45) is 5.72. The van der Waals surface area contributed by atoms with Crippen molar-refractivity contribution < 1.29 is 14.4 Å². The van der Waals surface area contributed by atoms with Crippen LogP contribution in [0.2, 0.25) is 0 Å². The summed E-state index contributed by atoms with van der Waals surface area (Å²) in [5.74, 6) is 0.457. The van der Waals surface area contributed by atoms with Crippen molar-refractivity contribution in [3.8, 4) is 0 Å². The van der Waals surface area contributed by atoms with Crippen molar-refractivity contribution in [2.45, 2.75) is 25.5 Å². The molecular weight excluding hydrogens is 294 g/mol. The van der Waals surface area contributed by atoms with Crippen molar-refractivity contribution in [1.82, 2.24) is 14.9 Å². The molecule has 3 aliphatic heterocycles. The van der Waals surface area contributed by atoms with Gasteiger partial charge in [0.15, 0.2) is 0 Å². The first kappa shape index (κ1) is 15.1. The van der Waals surface area contributed by atoms with Crippen molar-refractivity contribution in [3.63, 3.8) is 0 Å². The predicted octanol–water partition coefficient (Wildman–Crippen LogP) is 1.08. The number of rotatable bonds is 3. The van der Waals surface area contributed by atoms with Crippen LogP contribution in [0.15, 0.2) is 24.5 Å². The van der Waals surface area contributed by atoms with Gasteiger partial charge in [0.05, 0.1) is 25.2 Å². The standard InChI is InChI=1S/C17H23N3O3/c21-17(20-7-1-8-23-20)15-11-19(10-13-2-5-18-6-3-13)12-16-14(15)4-9-22-16/h2-3,5-6,14-16H,1,4,7-12H2/t14-,15-,16+/m1/s1. The Morgan fingerprint density at radius 1 is 1.26 bits per heavy atom. The number of ether oxygens (including phenoxy) is 1. The second-order valence-corrected chi connectivity index (χ2v) is 6.64. The van der Waals surface area contributed by atoms with Crippen LogP contribution in [0.5, 0.6) is 0 Å². The van der Waals surface area contributed by atoms with Gasteiger partial charge < -0.3 is 4.74 Å². The highest BCUT2D eigenvalue weighted by atomic mass is 16.7. The minimum atomic E-state index is -0.0174. The topological polar surface area (TPSA) is 54.9 Å². The van der Waals surface area contributed by atoms with Crippen LogP contribution in [0, 0.1) is 11.8 Å². The van der Waals surface area contributed by atoms with E-state index in [0.29, 0.717) is 12.5 Å². The van der Waals surface area contributed by atoms with Gasteiger partial charge >= 0.3 is 0 Å². The normalized spacial score (nSPS) is 31.3. The van der Waals surface area contributed by atoms with Gasteiger partial charge in [-0.2, -0.15) is 0 Å². The second kappa shape index (κ2) is 6.55. The van der Waals surface area contributed by atoms with Crippen molar-refractivity contribution in [1.29, 1.82) is 0 Å². The lowest BCUT2D eigenvalue weighted by Crippen LogP contribution is -2.52. The minimum Gasteiger partial charge on any atom is -0.377 e. The molecule has 1 aromatic rings. The quantitative estimate of drug-likeness (QED) is 0.835. The SMILES string of the molecule is O=C([C@@H]1CN(Cc2ccncc2)C[C@@H]2OCC[C@@H]21)N1CCCO1. The third-order valence-corrected chi connectivity index (χ3v) is 5.14. The van der Waals surface area contributed by atoms with Gasteiger partial charge in [0, 0.05) is 44.6 Å². The first-order chi connectivity index (χ1) is 11.3. The zero-order valence-electron chi connectivity index (χ0n) is 13.3. The summed E-state index contributed by atoms with van der Waals surface area (Å²) in [4.78, 5) is 24.7. The summed E-state index contributed by atoms with van der Waals surface area (Å²) < 4.78 is 5.90. The summed E-state index contributed by atoms with van der Waals surface area (Å²) in [5, 5.41) is 1.58. The van der Waals surface area contributed by atoms with Crippen LogP contribution in [0.1, 0.15) is 18.4 Å². The van der Waals surface area contributed by atoms with E-state index in [9.17, 15) is 4.79 Å². The van der Waals surface area contributed by atoms with Gasteiger partial charge in [0.2, 0.25) is 0 Å². The number of piperidine rings is 1. The van der Waals surface area contributed by atoms with Crippen LogP contribution in [0.25, 0.3) is 0 Å². The number of hydrogen-bond donors (Lipinski definition) is 0. The summed E-state index contributed by atoms with van der Waals surface area (Å²) >= 11 is 0. The third kappa shape index (κ3) is 3.11. The van der Waals surface area contributed by atoms with E-state index in [2.05, 4.69) is 9.88 Å². The van der Waals surface area contributed by atoms with E-state index in [1.807, 2.05) is 24.5 Å². The maximum absolute atomic E-state index is 12.8. The van der Waals surface area contributed by atoms with E-state index in [4.69, 9.17) is 9.57 Å². The van der Waals surface area contributed by atoms with Gasteiger partial charge in [-0.05, 0) is 30.5 Å². The van der Waals surface area contributed by atoms with Gasteiger partial charge in [-0.1, -0.05) is 0 Å². The number of aromatic nitrogens is 1. The molecule has 4 heterocycles. The lowest BCUT2D eigenvalue weighted by Gasteiger charge is -2.40.